The van der Waals surface area contributed by atoms with Crippen molar-refractivity contribution in [3.8, 4) is 0 Å². The van der Waals surface area contributed by atoms with E-state index >= 15 is 4.39 Å². The molecule has 0 aliphatic heterocycles. The number of aromatic nitrogens is 2. The average Bonchev–Trinajstić information content (AvgIpc) is 2.69. The highest BCUT2D eigenvalue weighted by Crippen LogP contribution is 2.26. The first-order chi connectivity index (χ1) is 14.3. The normalized spacial score (nSPS) is 11.6. The molecule has 0 amide bonds. The summed E-state index contributed by atoms with van der Waals surface area (Å²) in [6.07, 6.45) is 2.74. The van der Waals surface area contributed by atoms with E-state index in [9.17, 15) is 13.4 Å². The number of ketones is 1. The molecule has 0 bridgehead atoms. The second-order valence-electron chi connectivity index (χ2n) is 6.50. The Morgan fingerprint density at radius 1 is 1.03 bits per heavy atom. The van der Waals surface area contributed by atoms with Crippen molar-refractivity contribution >= 4 is 34.1 Å². The fraction of sp³-hybridized carbons (Fsp3) is 0.0952. The smallest absolute Gasteiger partial charge is 0.200 e. The molecule has 1 heterocycles. The van der Waals surface area contributed by atoms with Crippen LogP contribution < -0.4 is 4.72 Å². The number of benzene rings is 2. The number of aromatic amines is 2. The number of aryl methyl sites for hydroxylation is 2. The molecule has 1 unspecified atom stereocenters. The number of halogens is 3. The van der Waals surface area contributed by atoms with Gasteiger partial charge >= 0.3 is 0 Å². The van der Waals surface area contributed by atoms with E-state index in [2.05, 4.69) is 14.9 Å². The van der Waals surface area contributed by atoms with Gasteiger partial charge in [0.25, 0.3) is 0 Å². The zero-order valence-electron chi connectivity index (χ0n) is 16.1. The Kier molecular flexibility index (Phi) is 6.69. The van der Waals surface area contributed by atoms with Crippen LogP contribution in [0.1, 0.15) is 27.0 Å². The van der Waals surface area contributed by atoms with Gasteiger partial charge in [-0.05, 0) is 49.7 Å². The van der Waals surface area contributed by atoms with Crippen molar-refractivity contribution in [2.75, 3.05) is 4.72 Å². The molecule has 1 aromatic heterocycles. The fourth-order valence-electron chi connectivity index (χ4n) is 2.70. The number of hydrogen-bond donors (Lipinski definition) is 3. The van der Waals surface area contributed by atoms with E-state index in [0.717, 1.165) is 17.7 Å². The number of anilines is 1. The quantitative estimate of drug-likeness (QED) is 0.457. The number of carbonyl (C=O) groups excluding carboxylic acids is 1. The minimum Gasteiger partial charge on any atom is -0.308 e. The molecule has 0 fully saturated rings. The second-order valence-corrected chi connectivity index (χ2v) is 8.15. The summed E-state index contributed by atoms with van der Waals surface area (Å²) in [4.78, 5) is 13.4. The molecular formula is C21H18ClF2N3O2S. The van der Waals surface area contributed by atoms with E-state index in [0.29, 0.717) is 15.5 Å². The van der Waals surface area contributed by atoms with Crippen LogP contribution in [0.5, 0.6) is 0 Å². The number of carbonyl (C=O) groups is 1. The van der Waals surface area contributed by atoms with Crippen LogP contribution in [-0.2, 0) is 11.0 Å². The van der Waals surface area contributed by atoms with Crippen LogP contribution in [0.3, 0.4) is 0 Å². The molecule has 0 aliphatic rings. The highest BCUT2D eigenvalue weighted by molar-refractivity contribution is 7.86. The molecule has 3 rings (SSSR count). The number of hydrogen-bond acceptors (Lipinski definition) is 2. The molecule has 0 radical (unpaired) electrons. The van der Waals surface area contributed by atoms with E-state index in [-0.39, 0.29) is 11.3 Å². The monoisotopic (exact) mass is 449 g/mol. The maximum Gasteiger partial charge on any atom is 0.200 e. The van der Waals surface area contributed by atoms with Gasteiger partial charge in [-0.2, -0.15) is 0 Å². The first-order valence-corrected chi connectivity index (χ1v) is 10.3. The van der Waals surface area contributed by atoms with Crippen LogP contribution in [0.2, 0.25) is 5.02 Å². The Morgan fingerprint density at radius 2 is 1.70 bits per heavy atom. The van der Waals surface area contributed by atoms with Gasteiger partial charge in [-0.1, -0.05) is 29.3 Å². The summed E-state index contributed by atoms with van der Waals surface area (Å²) < 4.78 is 44.5. The van der Waals surface area contributed by atoms with Crippen LogP contribution in [0.25, 0.3) is 0 Å². The maximum absolute atomic E-state index is 15.1. The zero-order chi connectivity index (χ0) is 21.8. The van der Waals surface area contributed by atoms with Crippen LogP contribution in [0.4, 0.5) is 14.5 Å². The van der Waals surface area contributed by atoms with E-state index in [4.69, 9.17) is 11.6 Å². The molecule has 0 saturated carbocycles. The molecule has 156 valence electrons. The Hall–Kier alpha value is -2.97. The molecule has 0 saturated heterocycles. The first kappa shape index (κ1) is 21.7. The van der Waals surface area contributed by atoms with Gasteiger partial charge < -0.3 is 10.2 Å². The van der Waals surface area contributed by atoms with Crippen molar-refractivity contribution in [2.24, 2.45) is 0 Å². The van der Waals surface area contributed by atoms with E-state index in [1.807, 2.05) is 6.92 Å². The highest BCUT2D eigenvalue weighted by atomic mass is 35.5. The zero-order valence-corrected chi connectivity index (χ0v) is 17.6. The van der Waals surface area contributed by atoms with Crippen molar-refractivity contribution < 1.29 is 17.8 Å². The average molecular weight is 450 g/mol. The summed E-state index contributed by atoms with van der Waals surface area (Å²) in [5, 5.41) is 5.54. The van der Waals surface area contributed by atoms with Gasteiger partial charge in [-0.15, -0.1) is 0 Å². The van der Waals surface area contributed by atoms with Gasteiger partial charge in [-0.3, -0.25) is 9.52 Å². The van der Waals surface area contributed by atoms with Crippen molar-refractivity contribution in [3.05, 3.63) is 93.8 Å². The minimum absolute atomic E-state index is 0.0170. The van der Waals surface area contributed by atoms with Crippen LogP contribution in [-0.4, -0.2) is 20.2 Å². The number of H-pyrrole nitrogens is 2. The Morgan fingerprint density at radius 3 is 2.40 bits per heavy atom. The molecule has 5 nitrogen and oxygen atoms in total. The predicted octanol–water partition coefficient (Wildman–Crippen LogP) is 5.38. The van der Waals surface area contributed by atoms with Gasteiger partial charge in [-0.25, -0.2) is 13.0 Å². The molecule has 0 spiro atoms. The Balaban J connectivity index is 2.01. The highest BCUT2D eigenvalue weighted by Gasteiger charge is 2.23. The van der Waals surface area contributed by atoms with Crippen molar-refractivity contribution in [2.45, 2.75) is 18.7 Å². The third-order valence-electron chi connectivity index (χ3n) is 4.29. The largest absolute Gasteiger partial charge is 0.308 e. The standard InChI is InChI=1S/C21H18ClF2N3O2S/c1-12-3-5-15(6-4-12)30(29)27-18-8-7-17(23)19(20(18)24)21(28)16-11-26-25-10-14(22)9-13(16)2/h3-11,25-27H,1-2H3. The molecule has 3 N–H and O–H groups in total. The van der Waals surface area contributed by atoms with Gasteiger partial charge in [0.15, 0.2) is 5.82 Å². The number of nitrogens with one attached hydrogen (secondary N) is 3. The minimum atomic E-state index is -1.80. The molecule has 3 aromatic rings. The van der Waals surface area contributed by atoms with Crippen LogP contribution >= 0.6 is 11.6 Å². The summed E-state index contributed by atoms with van der Waals surface area (Å²) in [7, 11) is -1.80. The first-order valence-electron chi connectivity index (χ1n) is 8.81. The molecule has 30 heavy (non-hydrogen) atoms. The number of rotatable bonds is 5. The SMILES string of the molecule is Cc1ccc(S(=O)Nc2ccc(F)c(C(=O)c3c[nH][nH]cc(Cl)cc3C)c2F)cc1. The molecule has 0 aliphatic carbocycles. The molecule has 2 aromatic carbocycles. The lowest BCUT2D eigenvalue weighted by atomic mass is 10.00. The summed E-state index contributed by atoms with van der Waals surface area (Å²) in [6.45, 7) is 3.48. The van der Waals surface area contributed by atoms with Crippen molar-refractivity contribution in [1.82, 2.24) is 10.2 Å². The topological polar surface area (TPSA) is 77.8 Å². The van der Waals surface area contributed by atoms with Crippen molar-refractivity contribution in [3.63, 3.8) is 0 Å². The molecule has 9 heteroatoms. The van der Waals surface area contributed by atoms with Gasteiger partial charge in [0.2, 0.25) is 5.78 Å². The van der Waals surface area contributed by atoms with Gasteiger partial charge in [0.05, 0.1) is 21.2 Å². The molecular weight excluding hydrogens is 432 g/mol. The van der Waals surface area contributed by atoms with Crippen LogP contribution in [0, 0.1) is 25.5 Å². The molecule has 1 atom stereocenters. The maximum atomic E-state index is 15.1. The third kappa shape index (κ3) is 4.77. The summed E-state index contributed by atoms with van der Waals surface area (Å²) in [5.74, 6) is -3.05. The summed E-state index contributed by atoms with van der Waals surface area (Å²) in [5.41, 5.74) is 0.391. The third-order valence-corrected chi connectivity index (χ3v) is 5.61. The summed E-state index contributed by atoms with van der Waals surface area (Å²) >= 11 is 5.97. The summed E-state index contributed by atoms with van der Waals surface area (Å²) in [6, 6.07) is 10.3. The Labute approximate surface area is 179 Å². The van der Waals surface area contributed by atoms with Crippen molar-refractivity contribution in [1.29, 1.82) is 0 Å². The van der Waals surface area contributed by atoms with Gasteiger partial charge in [0, 0.05) is 18.0 Å². The lowest BCUT2D eigenvalue weighted by molar-refractivity contribution is 0.103. The van der Waals surface area contributed by atoms with E-state index < -0.39 is 34.0 Å². The van der Waals surface area contributed by atoms with E-state index in [1.165, 1.54) is 18.5 Å². The van der Waals surface area contributed by atoms with Crippen LogP contribution in [0.15, 0.2) is 59.8 Å². The Bertz CT molecular complexity index is 1170. The van der Waals surface area contributed by atoms with E-state index in [1.54, 1.807) is 31.2 Å². The fourth-order valence-corrected chi connectivity index (χ4v) is 3.78. The van der Waals surface area contributed by atoms with Gasteiger partial charge in [0.1, 0.15) is 16.8 Å². The second kappa shape index (κ2) is 9.23. The lowest BCUT2D eigenvalue weighted by Crippen LogP contribution is -2.13. The lowest BCUT2D eigenvalue weighted by Gasteiger charge is -2.12. The predicted molar refractivity (Wildman–Crippen MR) is 114 cm³/mol.